The number of nitrogens with one attached hydrogen (secondary N) is 1. The van der Waals surface area contributed by atoms with Gasteiger partial charge in [-0.3, -0.25) is 4.79 Å². The summed E-state index contributed by atoms with van der Waals surface area (Å²) >= 11 is 1.30. The molecular weight excluding hydrogens is 346 g/mol. The number of hydrogen-bond acceptors (Lipinski definition) is 6. The predicted octanol–water partition coefficient (Wildman–Crippen LogP) is 2.39. The largest absolute Gasteiger partial charge is 0.301 e. The van der Waals surface area contributed by atoms with Crippen LogP contribution in [-0.2, 0) is 33.9 Å². The van der Waals surface area contributed by atoms with E-state index in [0.29, 0.717) is 10.0 Å². The van der Waals surface area contributed by atoms with E-state index in [4.69, 9.17) is 0 Å². The summed E-state index contributed by atoms with van der Waals surface area (Å²) in [7, 11) is -3.46. The third kappa shape index (κ3) is 3.81. The van der Waals surface area contributed by atoms with Gasteiger partial charge in [0.25, 0.3) is 0 Å². The Morgan fingerprint density at radius 2 is 2.04 bits per heavy atom. The number of hydrogen-bond donors (Lipinski definition) is 1. The molecule has 1 heterocycles. The number of sulfone groups is 1. The second-order valence-corrected chi connectivity index (χ2v) is 8.93. The van der Waals surface area contributed by atoms with Crippen molar-refractivity contribution in [2.24, 2.45) is 0 Å². The molecule has 1 aromatic carbocycles. The van der Waals surface area contributed by atoms with Crippen LogP contribution in [0.25, 0.3) is 0 Å². The molecule has 0 aliphatic heterocycles. The van der Waals surface area contributed by atoms with Gasteiger partial charge in [0.2, 0.25) is 11.0 Å². The summed E-state index contributed by atoms with van der Waals surface area (Å²) in [5, 5.41) is 11.6. The zero-order valence-electron chi connectivity index (χ0n) is 13.4. The molecular formula is C16H19N3O3S2. The average molecular weight is 365 g/mol. The van der Waals surface area contributed by atoms with Crippen LogP contribution in [0.2, 0.25) is 0 Å². The molecule has 0 radical (unpaired) electrons. The predicted molar refractivity (Wildman–Crippen MR) is 93.1 cm³/mol. The van der Waals surface area contributed by atoms with Crippen LogP contribution >= 0.6 is 11.3 Å². The molecule has 1 aliphatic carbocycles. The van der Waals surface area contributed by atoms with Crippen molar-refractivity contribution < 1.29 is 13.2 Å². The van der Waals surface area contributed by atoms with Gasteiger partial charge in [0.1, 0.15) is 5.01 Å². The number of carbonyl (C=O) groups excluding carboxylic acids is 1. The molecule has 2 aromatic rings. The highest BCUT2D eigenvalue weighted by atomic mass is 32.2. The van der Waals surface area contributed by atoms with Crippen LogP contribution in [0.5, 0.6) is 0 Å². The lowest BCUT2D eigenvalue weighted by atomic mass is 10.1. The molecule has 128 valence electrons. The summed E-state index contributed by atoms with van der Waals surface area (Å²) in [4.78, 5) is 12.2. The molecule has 0 saturated heterocycles. The van der Waals surface area contributed by atoms with Crippen LogP contribution in [0.15, 0.2) is 23.1 Å². The number of carbonyl (C=O) groups is 1. The molecule has 0 saturated carbocycles. The summed E-state index contributed by atoms with van der Waals surface area (Å²) in [5.74, 6) is -0.574. The van der Waals surface area contributed by atoms with Gasteiger partial charge in [-0.1, -0.05) is 24.3 Å². The number of aryl methyl sites for hydroxylation is 3. The zero-order chi connectivity index (χ0) is 17.2. The molecule has 0 fully saturated rings. The second-order valence-electron chi connectivity index (χ2n) is 5.76. The molecule has 0 atom stereocenters. The molecule has 1 amide bonds. The van der Waals surface area contributed by atoms with Crippen molar-refractivity contribution in [1.82, 2.24) is 10.2 Å². The van der Waals surface area contributed by atoms with Crippen molar-refractivity contribution in [2.75, 3.05) is 11.1 Å². The van der Waals surface area contributed by atoms with Gasteiger partial charge in [-0.2, -0.15) is 0 Å². The fraction of sp³-hybridized carbons (Fsp3) is 0.438. The van der Waals surface area contributed by atoms with Crippen molar-refractivity contribution in [3.63, 3.8) is 0 Å². The summed E-state index contributed by atoms with van der Waals surface area (Å²) in [6, 6.07) is 5.30. The van der Waals surface area contributed by atoms with Crippen molar-refractivity contribution >= 4 is 32.2 Å². The number of nitrogens with zero attached hydrogens (tertiary/aromatic N) is 2. The van der Waals surface area contributed by atoms with E-state index in [9.17, 15) is 13.2 Å². The Labute approximate surface area is 145 Å². The van der Waals surface area contributed by atoms with Crippen LogP contribution in [-0.4, -0.2) is 30.3 Å². The zero-order valence-corrected chi connectivity index (χ0v) is 15.0. The van der Waals surface area contributed by atoms with Crippen LogP contribution in [0, 0.1) is 0 Å². The standard InChI is InChI=1S/C16H19N3O3S2/c1-2-15-18-19-16(23-15)17-14(20)8-9-24(21,22)13-7-6-11-4-3-5-12(11)10-13/h6-7,10H,2-5,8-9H2,1H3,(H,17,19,20). The Hall–Kier alpha value is -1.80. The lowest BCUT2D eigenvalue weighted by Gasteiger charge is -2.07. The van der Waals surface area contributed by atoms with E-state index in [-0.39, 0.29) is 18.1 Å². The number of benzene rings is 1. The van der Waals surface area contributed by atoms with Crippen molar-refractivity contribution in [3.8, 4) is 0 Å². The first-order valence-corrected chi connectivity index (χ1v) is 10.4. The monoisotopic (exact) mass is 365 g/mol. The fourth-order valence-electron chi connectivity index (χ4n) is 2.72. The minimum absolute atomic E-state index is 0.0968. The molecule has 0 spiro atoms. The highest BCUT2D eigenvalue weighted by Crippen LogP contribution is 2.25. The summed E-state index contributed by atoms with van der Waals surface area (Å²) < 4.78 is 24.9. The lowest BCUT2D eigenvalue weighted by Crippen LogP contribution is -2.17. The molecule has 8 heteroatoms. The van der Waals surface area contributed by atoms with Gasteiger partial charge in [-0.05, 0) is 48.9 Å². The number of amides is 1. The van der Waals surface area contributed by atoms with E-state index in [2.05, 4.69) is 15.5 Å². The highest BCUT2D eigenvalue weighted by molar-refractivity contribution is 7.91. The maximum atomic E-state index is 12.4. The Bertz CT molecular complexity index is 859. The van der Waals surface area contributed by atoms with Gasteiger partial charge in [-0.25, -0.2) is 8.42 Å². The minimum atomic E-state index is -3.46. The van der Waals surface area contributed by atoms with Gasteiger partial charge in [0, 0.05) is 6.42 Å². The Morgan fingerprint density at radius 1 is 1.25 bits per heavy atom. The van der Waals surface area contributed by atoms with E-state index >= 15 is 0 Å². The summed E-state index contributed by atoms with van der Waals surface area (Å²) in [5.41, 5.74) is 2.34. The molecule has 1 aromatic heterocycles. The maximum absolute atomic E-state index is 12.4. The molecule has 24 heavy (non-hydrogen) atoms. The quantitative estimate of drug-likeness (QED) is 0.849. The first-order valence-electron chi connectivity index (χ1n) is 7.95. The summed E-state index contributed by atoms with van der Waals surface area (Å²) in [6.45, 7) is 1.95. The fourth-order valence-corrected chi connectivity index (χ4v) is 4.70. The smallest absolute Gasteiger partial charge is 0.227 e. The van der Waals surface area contributed by atoms with Crippen molar-refractivity contribution in [3.05, 3.63) is 34.3 Å². The normalized spacial score (nSPS) is 13.7. The summed E-state index contributed by atoms with van der Waals surface area (Å²) in [6.07, 6.45) is 3.67. The molecule has 1 aliphatic rings. The van der Waals surface area contributed by atoms with Crippen molar-refractivity contribution in [2.45, 2.75) is 43.9 Å². The minimum Gasteiger partial charge on any atom is -0.301 e. The highest BCUT2D eigenvalue weighted by Gasteiger charge is 2.20. The van der Waals surface area contributed by atoms with Gasteiger partial charge in [0.15, 0.2) is 9.84 Å². The van der Waals surface area contributed by atoms with Gasteiger partial charge in [0.05, 0.1) is 10.6 Å². The van der Waals surface area contributed by atoms with Crippen LogP contribution in [0.4, 0.5) is 5.13 Å². The molecule has 0 bridgehead atoms. The van der Waals surface area contributed by atoms with E-state index in [1.807, 2.05) is 13.0 Å². The first kappa shape index (κ1) is 17.0. The van der Waals surface area contributed by atoms with Crippen LogP contribution in [0.1, 0.15) is 35.9 Å². The van der Waals surface area contributed by atoms with E-state index in [0.717, 1.165) is 36.3 Å². The third-order valence-electron chi connectivity index (χ3n) is 4.04. The Balaban J connectivity index is 1.61. The van der Waals surface area contributed by atoms with Crippen LogP contribution in [0.3, 0.4) is 0 Å². The second kappa shape index (κ2) is 6.98. The average Bonchev–Trinajstić information content (AvgIpc) is 3.21. The maximum Gasteiger partial charge on any atom is 0.227 e. The molecule has 1 N–H and O–H groups in total. The van der Waals surface area contributed by atoms with Crippen molar-refractivity contribution in [1.29, 1.82) is 0 Å². The molecule has 0 unspecified atom stereocenters. The molecule has 3 rings (SSSR count). The van der Waals surface area contributed by atoms with E-state index in [1.54, 1.807) is 12.1 Å². The Morgan fingerprint density at radius 3 is 2.79 bits per heavy atom. The molecule has 6 nitrogen and oxygen atoms in total. The number of fused-ring (bicyclic) bond motifs is 1. The topological polar surface area (TPSA) is 89.0 Å². The first-order chi connectivity index (χ1) is 11.5. The third-order valence-corrected chi connectivity index (χ3v) is 6.74. The van der Waals surface area contributed by atoms with Gasteiger partial charge < -0.3 is 5.32 Å². The SMILES string of the molecule is CCc1nnc(NC(=O)CCS(=O)(=O)c2ccc3c(c2)CCC3)s1. The number of anilines is 1. The number of rotatable bonds is 6. The van der Waals surface area contributed by atoms with E-state index < -0.39 is 9.84 Å². The van der Waals surface area contributed by atoms with Crippen LogP contribution < -0.4 is 5.32 Å². The lowest BCUT2D eigenvalue weighted by molar-refractivity contribution is -0.115. The number of aromatic nitrogens is 2. The van der Waals surface area contributed by atoms with Gasteiger partial charge in [-0.15, -0.1) is 10.2 Å². The van der Waals surface area contributed by atoms with E-state index in [1.165, 1.54) is 16.9 Å². The Kier molecular flexibility index (Phi) is 4.96. The van der Waals surface area contributed by atoms with Gasteiger partial charge >= 0.3 is 0 Å².